The molecule has 0 spiro atoms. The summed E-state index contributed by atoms with van der Waals surface area (Å²) in [5.74, 6) is 0.337. The van der Waals surface area contributed by atoms with E-state index in [0.717, 1.165) is 13.0 Å². The van der Waals surface area contributed by atoms with Crippen molar-refractivity contribution in [1.82, 2.24) is 5.32 Å². The Labute approximate surface area is 121 Å². The van der Waals surface area contributed by atoms with Gasteiger partial charge >= 0.3 is 5.97 Å². The van der Waals surface area contributed by atoms with Gasteiger partial charge in [0.15, 0.2) is 6.61 Å². The maximum Gasteiger partial charge on any atom is 0.344 e. The predicted molar refractivity (Wildman–Crippen MR) is 79.9 cm³/mol. The van der Waals surface area contributed by atoms with E-state index >= 15 is 0 Å². The van der Waals surface area contributed by atoms with Crippen molar-refractivity contribution >= 4 is 5.97 Å². The molecule has 0 amide bonds. The molecule has 0 saturated carbocycles. The molecule has 0 bridgehead atoms. The first-order chi connectivity index (χ1) is 9.56. The van der Waals surface area contributed by atoms with Crippen LogP contribution in [0.3, 0.4) is 0 Å². The van der Waals surface area contributed by atoms with Crippen LogP contribution in [-0.2, 0) is 9.53 Å². The van der Waals surface area contributed by atoms with Crippen molar-refractivity contribution in [3.8, 4) is 5.75 Å². The van der Waals surface area contributed by atoms with Crippen LogP contribution < -0.4 is 10.1 Å². The molecule has 1 aromatic rings. The third-order valence-corrected chi connectivity index (χ3v) is 2.87. The van der Waals surface area contributed by atoms with Crippen LogP contribution in [0, 0.1) is 0 Å². The van der Waals surface area contributed by atoms with Gasteiger partial charge in [0, 0.05) is 6.04 Å². The van der Waals surface area contributed by atoms with Crippen molar-refractivity contribution in [3.05, 3.63) is 29.8 Å². The molecule has 1 atom stereocenters. The topological polar surface area (TPSA) is 47.6 Å². The lowest BCUT2D eigenvalue weighted by Gasteiger charge is -2.16. The molecule has 4 heteroatoms. The van der Waals surface area contributed by atoms with Crippen LogP contribution in [0.25, 0.3) is 0 Å². The van der Waals surface area contributed by atoms with Crippen molar-refractivity contribution in [2.45, 2.75) is 46.3 Å². The fourth-order valence-electron chi connectivity index (χ4n) is 1.98. The van der Waals surface area contributed by atoms with E-state index in [9.17, 15) is 4.79 Å². The lowest BCUT2D eigenvalue weighted by molar-refractivity contribution is -0.149. The first kappa shape index (κ1) is 16.5. The van der Waals surface area contributed by atoms with Gasteiger partial charge in [-0.3, -0.25) is 0 Å². The van der Waals surface area contributed by atoms with E-state index in [-0.39, 0.29) is 18.7 Å². The zero-order valence-electron chi connectivity index (χ0n) is 12.8. The number of ether oxygens (including phenoxy) is 2. The molecule has 0 heterocycles. The second-order valence-electron chi connectivity index (χ2n) is 4.91. The van der Waals surface area contributed by atoms with E-state index in [1.807, 2.05) is 38.1 Å². The molecule has 112 valence electrons. The highest BCUT2D eigenvalue weighted by Gasteiger charge is 2.09. The molecule has 1 aromatic carbocycles. The van der Waals surface area contributed by atoms with Crippen LogP contribution in [-0.4, -0.2) is 25.2 Å². The van der Waals surface area contributed by atoms with E-state index in [1.165, 1.54) is 5.56 Å². The SMILES string of the molecule is CCNC(CC)c1ccc(OCC(=O)OC(C)C)cc1. The second-order valence-corrected chi connectivity index (χ2v) is 4.91. The van der Waals surface area contributed by atoms with Crippen LogP contribution in [0.15, 0.2) is 24.3 Å². The number of esters is 1. The van der Waals surface area contributed by atoms with Crippen molar-refractivity contribution < 1.29 is 14.3 Å². The van der Waals surface area contributed by atoms with Gasteiger partial charge in [0.1, 0.15) is 5.75 Å². The number of carbonyl (C=O) groups excluding carboxylic acids is 1. The van der Waals surface area contributed by atoms with Crippen molar-refractivity contribution in [3.63, 3.8) is 0 Å². The highest BCUT2D eigenvalue weighted by Crippen LogP contribution is 2.20. The molecule has 0 radical (unpaired) electrons. The van der Waals surface area contributed by atoms with E-state index in [1.54, 1.807) is 0 Å². The first-order valence-corrected chi connectivity index (χ1v) is 7.22. The minimum absolute atomic E-state index is 0.0536. The molecule has 0 fully saturated rings. The summed E-state index contributed by atoms with van der Waals surface area (Å²) in [6.07, 6.45) is 0.924. The molecular weight excluding hydrogens is 254 g/mol. The first-order valence-electron chi connectivity index (χ1n) is 7.22. The molecule has 0 aliphatic carbocycles. The summed E-state index contributed by atoms with van der Waals surface area (Å²) in [5, 5.41) is 3.42. The van der Waals surface area contributed by atoms with Gasteiger partial charge in [-0.15, -0.1) is 0 Å². The summed E-state index contributed by atoms with van der Waals surface area (Å²) in [5.41, 5.74) is 1.23. The molecular formula is C16H25NO3. The maximum atomic E-state index is 11.4. The summed E-state index contributed by atoms with van der Waals surface area (Å²) < 4.78 is 10.4. The fourth-order valence-corrected chi connectivity index (χ4v) is 1.98. The summed E-state index contributed by atoms with van der Waals surface area (Å²) in [6.45, 7) is 8.77. The zero-order valence-corrected chi connectivity index (χ0v) is 12.8. The molecule has 20 heavy (non-hydrogen) atoms. The van der Waals surface area contributed by atoms with Gasteiger partial charge in [-0.25, -0.2) is 4.79 Å². The molecule has 0 saturated heterocycles. The lowest BCUT2D eigenvalue weighted by atomic mass is 10.0. The number of hydrogen-bond acceptors (Lipinski definition) is 4. The van der Waals surface area contributed by atoms with Crippen molar-refractivity contribution in [1.29, 1.82) is 0 Å². The van der Waals surface area contributed by atoms with E-state index < -0.39 is 0 Å². The number of hydrogen-bond donors (Lipinski definition) is 1. The van der Waals surface area contributed by atoms with Crippen LogP contribution in [0.1, 0.15) is 45.7 Å². The van der Waals surface area contributed by atoms with Crippen LogP contribution >= 0.6 is 0 Å². The van der Waals surface area contributed by atoms with E-state index in [2.05, 4.69) is 19.2 Å². The Morgan fingerprint density at radius 1 is 1.20 bits per heavy atom. The molecule has 1 unspecified atom stereocenters. The molecule has 0 aromatic heterocycles. The highest BCUT2D eigenvalue weighted by atomic mass is 16.6. The highest BCUT2D eigenvalue weighted by molar-refractivity contribution is 5.71. The normalized spacial score (nSPS) is 12.2. The largest absolute Gasteiger partial charge is 0.482 e. The third-order valence-electron chi connectivity index (χ3n) is 2.87. The molecule has 0 aliphatic heterocycles. The number of benzene rings is 1. The average molecular weight is 279 g/mol. The summed E-state index contributed by atoms with van der Waals surface area (Å²) >= 11 is 0. The monoisotopic (exact) mass is 279 g/mol. The Kier molecular flexibility index (Phi) is 7.09. The lowest BCUT2D eigenvalue weighted by Crippen LogP contribution is -2.20. The molecule has 4 nitrogen and oxygen atoms in total. The van der Waals surface area contributed by atoms with Gasteiger partial charge in [0.2, 0.25) is 0 Å². The standard InChI is InChI=1S/C16H25NO3/c1-5-15(17-6-2)13-7-9-14(10-8-13)19-11-16(18)20-12(3)4/h7-10,12,15,17H,5-6,11H2,1-4H3. The molecule has 1 rings (SSSR count). The number of rotatable bonds is 8. The number of nitrogens with one attached hydrogen (secondary N) is 1. The number of carbonyl (C=O) groups is 1. The Bertz CT molecular complexity index is 401. The van der Waals surface area contributed by atoms with E-state index in [4.69, 9.17) is 9.47 Å². The summed E-state index contributed by atoms with van der Waals surface area (Å²) in [7, 11) is 0. The second kappa shape index (κ2) is 8.59. The van der Waals surface area contributed by atoms with Gasteiger partial charge < -0.3 is 14.8 Å². The zero-order chi connectivity index (χ0) is 15.0. The Hall–Kier alpha value is -1.55. The average Bonchev–Trinajstić information content (AvgIpc) is 2.42. The molecule has 1 N–H and O–H groups in total. The Morgan fingerprint density at radius 2 is 1.85 bits per heavy atom. The van der Waals surface area contributed by atoms with Gasteiger partial charge in [0.25, 0.3) is 0 Å². The van der Waals surface area contributed by atoms with Gasteiger partial charge in [0.05, 0.1) is 6.10 Å². The van der Waals surface area contributed by atoms with Crippen LogP contribution in [0.5, 0.6) is 5.75 Å². The minimum atomic E-state index is -0.344. The van der Waals surface area contributed by atoms with Crippen LogP contribution in [0.2, 0.25) is 0 Å². The minimum Gasteiger partial charge on any atom is -0.482 e. The third kappa shape index (κ3) is 5.61. The molecule has 0 aliphatic rings. The summed E-state index contributed by atoms with van der Waals surface area (Å²) in [6, 6.07) is 8.19. The van der Waals surface area contributed by atoms with Gasteiger partial charge in [-0.1, -0.05) is 26.0 Å². The quantitative estimate of drug-likeness (QED) is 0.743. The van der Waals surface area contributed by atoms with Crippen molar-refractivity contribution in [2.24, 2.45) is 0 Å². The van der Waals surface area contributed by atoms with Gasteiger partial charge in [-0.2, -0.15) is 0 Å². The fraction of sp³-hybridized carbons (Fsp3) is 0.562. The Balaban J connectivity index is 2.52. The smallest absolute Gasteiger partial charge is 0.344 e. The Morgan fingerprint density at radius 3 is 2.35 bits per heavy atom. The van der Waals surface area contributed by atoms with Crippen LogP contribution in [0.4, 0.5) is 0 Å². The van der Waals surface area contributed by atoms with Gasteiger partial charge in [-0.05, 0) is 44.5 Å². The summed E-state index contributed by atoms with van der Waals surface area (Å²) in [4.78, 5) is 11.4. The van der Waals surface area contributed by atoms with E-state index in [0.29, 0.717) is 11.8 Å². The predicted octanol–water partition coefficient (Wildman–Crippen LogP) is 3.08. The maximum absolute atomic E-state index is 11.4. The van der Waals surface area contributed by atoms with Crippen molar-refractivity contribution in [2.75, 3.05) is 13.2 Å².